The molecular formula is C36H60N4O5S. The predicted octanol–water partition coefficient (Wildman–Crippen LogP) is 4.64. The molecule has 1 saturated carbocycles. The van der Waals surface area contributed by atoms with Gasteiger partial charge < -0.3 is 26.8 Å². The van der Waals surface area contributed by atoms with Gasteiger partial charge in [-0.25, -0.2) is 0 Å². The van der Waals surface area contributed by atoms with E-state index in [0.717, 1.165) is 31.2 Å². The molecule has 7 atom stereocenters. The Kier molecular flexibility index (Phi) is 17.5. The number of ketones is 2. The number of hydrogen-bond donors (Lipinski definition) is 4. The van der Waals surface area contributed by atoms with E-state index in [0.29, 0.717) is 38.2 Å². The Hall–Kier alpha value is -2.27. The van der Waals surface area contributed by atoms with Crippen LogP contribution in [-0.4, -0.2) is 65.8 Å². The van der Waals surface area contributed by atoms with Crippen LogP contribution in [0.25, 0.3) is 0 Å². The van der Waals surface area contributed by atoms with Crippen LogP contribution in [0.4, 0.5) is 0 Å². The van der Waals surface area contributed by atoms with E-state index in [1.807, 2.05) is 64.3 Å². The van der Waals surface area contributed by atoms with Crippen molar-refractivity contribution >= 4 is 35.1 Å². The monoisotopic (exact) mass is 660 g/mol. The number of nitrogens with two attached hydrogens (primary N) is 2. The van der Waals surface area contributed by atoms with Gasteiger partial charge in [0.25, 0.3) is 0 Å². The van der Waals surface area contributed by atoms with Crippen LogP contribution in [-0.2, 0) is 30.3 Å². The van der Waals surface area contributed by atoms with Crippen molar-refractivity contribution in [3.8, 4) is 0 Å². The first-order valence-electron chi connectivity index (χ1n) is 17.1. The van der Waals surface area contributed by atoms with Crippen molar-refractivity contribution in [2.45, 2.75) is 123 Å². The van der Waals surface area contributed by atoms with Gasteiger partial charge in [0.1, 0.15) is 11.5 Å². The summed E-state index contributed by atoms with van der Waals surface area (Å²) in [5, 5.41) is 5.90. The number of nitrogens with one attached hydrogen (secondary N) is 2. The molecule has 2 rings (SSSR count). The smallest absolute Gasteiger partial charge is 0.243 e. The van der Waals surface area contributed by atoms with Crippen LogP contribution < -0.4 is 22.1 Å². The van der Waals surface area contributed by atoms with Crippen molar-refractivity contribution in [3.05, 3.63) is 35.9 Å². The van der Waals surface area contributed by atoms with Crippen LogP contribution >= 0.6 is 11.8 Å². The fourth-order valence-electron chi connectivity index (χ4n) is 5.69. The maximum Gasteiger partial charge on any atom is 0.243 e. The van der Waals surface area contributed by atoms with Crippen molar-refractivity contribution in [1.82, 2.24) is 10.6 Å². The van der Waals surface area contributed by atoms with Crippen molar-refractivity contribution in [2.75, 3.05) is 12.9 Å². The van der Waals surface area contributed by atoms with Gasteiger partial charge in [-0.1, -0.05) is 84.7 Å². The maximum atomic E-state index is 13.8. The highest BCUT2D eigenvalue weighted by Gasteiger charge is 2.45. The molecule has 6 N–H and O–H groups in total. The number of hydrogen-bond acceptors (Lipinski definition) is 8. The molecule has 9 nitrogen and oxygen atoms in total. The lowest BCUT2D eigenvalue weighted by Gasteiger charge is -2.26. The van der Waals surface area contributed by atoms with Gasteiger partial charge in [-0.15, -0.1) is 11.8 Å². The lowest BCUT2D eigenvalue weighted by molar-refractivity contribution is -0.132. The second-order valence-corrected chi connectivity index (χ2v) is 15.1. The minimum Gasteiger partial charge on any atom is -0.367 e. The first-order valence-corrected chi connectivity index (χ1v) is 18.4. The van der Waals surface area contributed by atoms with E-state index in [1.54, 1.807) is 0 Å². The molecule has 10 heteroatoms. The molecule has 7 unspecified atom stereocenters. The molecule has 1 fully saturated rings. The van der Waals surface area contributed by atoms with Gasteiger partial charge in [-0.05, 0) is 61.7 Å². The van der Waals surface area contributed by atoms with Gasteiger partial charge in [0.15, 0.2) is 11.6 Å². The Morgan fingerprint density at radius 3 is 2.11 bits per heavy atom. The van der Waals surface area contributed by atoms with Gasteiger partial charge >= 0.3 is 0 Å². The highest BCUT2D eigenvalue weighted by atomic mass is 32.2. The third-order valence-corrected chi connectivity index (χ3v) is 9.36. The highest BCUT2D eigenvalue weighted by molar-refractivity contribution is 7.99. The van der Waals surface area contributed by atoms with Crippen LogP contribution in [0.2, 0.25) is 0 Å². The Morgan fingerprint density at radius 1 is 0.870 bits per heavy atom. The quantitative estimate of drug-likeness (QED) is 0.0978. The molecule has 0 spiro atoms. The second-order valence-electron chi connectivity index (χ2n) is 14.1. The first-order chi connectivity index (χ1) is 21.7. The van der Waals surface area contributed by atoms with E-state index >= 15 is 0 Å². The van der Waals surface area contributed by atoms with Crippen LogP contribution in [0.5, 0.6) is 0 Å². The number of carbonyl (C=O) groups excluding carboxylic acids is 4. The number of thioether (sulfide) groups is 1. The summed E-state index contributed by atoms with van der Waals surface area (Å²) in [7, 11) is 0. The Morgan fingerprint density at radius 2 is 1.52 bits per heavy atom. The fourth-order valence-corrected chi connectivity index (χ4v) is 6.30. The minimum absolute atomic E-state index is 0.0327. The topological polar surface area (TPSA) is 154 Å². The average Bonchev–Trinajstić information content (AvgIpc) is 3.79. The number of ether oxygens (including phenoxy) is 1. The van der Waals surface area contributed by atoms with E-state index in [2.05, 4.69) is 24.5 Å². The number of carbonyl (C=O) groups is 4. The zero-order chi connectivity index (χ0) is 34.4. The third-order valence-electron chi connectivity index (χ3n) is 8.51. The Labute approximate surface area is 281 Å². The normalized spacial score (nSPS) is 19.4. The molecule has 1 aromatic rings. The lowest BCUT2D eigenvalue weighted by atomic mass is 9.95. The number of rotatable bonds is 23. The third kappa shape index (κ3) is 14.2. The summed E-state index contributed by atoms with van der Waals surface area (Å²) in [4.78, 5) is 52.8. The summed E-state index contributed by atoms with van der Waals surface area (Å²) in [6.45, 7) is 12.4. The summed E-state index contributed by atoms with van der Waals surface area (Å²) in [6.07, 6.45) is 7.15. The zero-order valence-corrected chi connectivity index (χ0v) is 29.9. The summed E-state index contributed by atoms with van der Waals surface area (Å²) in [6, 6.07) is 6.88. The van der Waals surface area contributed by atoms with Gasteiger partial charge in [0.05, 0.1) is 24.7 Å². The van der Waals surface area contributed by atoms with Crippen LogP contribution in [0, 0.1) is 29.6 Å². The van der Waals surface area contributed by atoms with Crippen LogP contribution in [0.3, 0.4) is 0 Å². The molecule has 0 aromatic heterocycles. The first kappa shape index (κ1) is 39.9. The molecule has 2 amide bonds. The molecule has 260 valence electrons. The number of amides is 2. The van der Waals surface area contributed by atoms with Crippen molar-refractivity contribution in [3.63, 3.8) is 0 Å². The maximum absolute atomic E-state index is 13.8. The Balaban J connectivity index is 2.05. The molecule has 0 bridgehead atoms. The molecule has 46 heavy (non-hydrogen) atoms. The van der Waals surface area contributed by atoms with Crippen molar-refractivity contribution in [2.24, 2.45) is 41.1 Å². The van der Waals surface area contributed by atoms with E-state index in [-0.39, 0.29) is 46.6 Å². The molecule has 1 aliphatic rings. The molecule has 1 aliphatic carbocycles. The van der Waals surface area contributed by atoms with Crippen LogP contribution in [0.15, 0.2) is 30.3 Å². The highest BCUT2D eigenvalue weighted by Crippen LogP contribution is 2.44. The van der Waals surface area contributed by atoms with Gasteiger partial charge in [0.2, 0.25) is 11.8 Å². The molecule has 0 radical (unpaired) electrons. The standard InChI is InChI=1S/C36H60N4O5S/c1-22(2)17-31(40-35(43)29(38)20-32(46-7)45-21-23(3)4)36(44)39-30(18-25-13-9-8-10-14-25)34(42)27-19-26(27)15-11-12-16-28(37)33(41)24(5)6/h8-10,13-14,22-24,26-32H,11-12,15-21,37-38H2,1-7H3,(H,39,44)(H,40,43). The second kappa shape index (κ2) is 20.2. The van der Waals surface area contributed by atoms with Gasteiger partial charge in [-0.3, -0.25) is 19.2 Å². The largest absolute Gasteiger partial charge is 0.367 e. The summed E-state index contributed by atoms with van der Waals surface area (Å²) in [5.41, 5.74) is 13.1. The van der Waals surface area contributed by atoms with Crippen molar-refractivity contribution < 1.29 is 23.9 Å². The van der Waals surface area contributed by atoms with E-state index in [9.17, 15) is 19.2 Å². The number of Topliss-reactive ketones (excluding diaryl/α,β-unsaturated/α-hetero) is 2. The van der Waals surface area contributed by atoms with Gasteiger partial charge in [-0.2, -0.15) is 0 Å². The molecule has 0 saturated heterocycles. The van der Waals surface area contributed by atoms with Crippen LogP contribution in [0.1, 0.15) is 92.1 Å². The molecule has 1 aromatic carbocycles. The number of unbranched alkanes of at least 4 members (excludes halogenated alkanes) is 1. The molecule has 0 heterocycles. The number of benzene rings is 1. The summed E-state index contributed by atoms with van der Waals surface area (Å²) in [5.74, 6) is -0.0745. The summed E-state index contributed by atoms with van der Waals surface area (Å²) >= 11 is 1.51. The minimum atomic E-state index is -0.834. The molecule has 0 aliphatic heterocycles. The van der Waals surface area contributed by atoms with E-state index in [1.165, 1.54) is 11.8 Å². The van der Waals surface area contributed by atoms with E-state index < -0.39 is 30.1 Å². The fraction of sp³-hybridized carbons (Fsp3) is 0.722. The zero-order valence-electron chi connectivity index (χ0n) is 29.1. The van der Waals surface area contributed by atoms with Gasteiger partial charge in [0, 0.05) is 18.3 Å². The molecular weight excluding hydrogens is 600 g/mol. The lowest BCUT2D eigenvalue weighted by Crippen LogP contribution is -2.55. The SMILES string of the molecule is CSC(CC(N)C(=O)NC(CC(C)C)C(=O)NC(Cc1ccccc1)C(=O)C1CC1CCCCC(N)C(=O)C(C)C)OCC(C)C. The summed E-state index contributed by atoms with van der Waals surface area (Å²) < 4.78 is 5.89. The van der Waals surface area contributed by atoms with E-state index in [4.69, 9.17) is 16.2 Å². The predicted molar refractivity (Wildman–Crippen MR) is 187 cm³/mol. The van der Waals surface area contributed by atoms with Crippen molar-refractivity contribution in [1.29, 1.82) is 0 Å². The average molecular weight is 661 g/mol. The Bertz CT molecular complexity index is 1100.